The first-order valence-electron chi connectivity index (χ1n) is 8.69. The van der Waals surface area contributed by atoms with Crippen LogP contribution in [0.5, 0.6) is 0 Å². The van der Waals surface area contributed by atoms with Crippen LogP contribution in [0.1, 0.15) is 19.6 Å². The Labute approximate surface area is 189 Å². The van der Waals surface area contributed by atoms with Crippen LogP contribution in [0.2, 0.25) is 0 Å². The fourth-order valence-electron chi connectivity index (χ4n) is 2.19. The Morgan fingerprint density at radius 1 is 1.21 bits per heavy atom. The molecule has 0 bridgehead atoms. The third-order valence-electron chi connectivity index (χ3n) is 3.53. The maximum absolute atomic E-state index is 15.5. The number of rotatable bonds is 14. The molecule has 0 saturated heterocycles. The molecule has 1 aromatic rings. The molecule has 0 saturated carbocycles. The Kier molecular flexibility index (Phi) is 10.4. The highest BCUT2D eigenvalue weighted by molar-refractivity contribution is 7.66. The van der Waals surface area contributed by atoms with Crippen LogP contribution in [0.25, 0.3) is 0 Å². The average molecular weight is 558 g/mol. The fourth-order valence-corrected chi connectivity index (χ4v) is 5.23. The van der Waals surface area contributed by atoms with Gasteiger partial charge in [-0.1, -0.05) is 12.2 Å². The minimum Gasteiger partial charge on any atom is -0.393 e. The maximum atomic E-state index is 15.5. The highest BCUT2D eigenvalue weighted by Gasteiger charge is 2.47. The standard InChI is InChI=1S/C13H22FN2O15P3/c1-8(2)5-11(16-4-3-10(19)15-12(16)20)29-13(14,9(18)6-17)7-28-33(24,25)31-34(26,27)30-32(21,22)23/h3-4,9,11,17-18H,1,5-7H2,2H3,(H,24,25)(H,26,27)(H,15,19,20)(H2,21,22,23)/t9-,11+,13?/m0/s1. The van der Waals surface area contributed by atoms with Crippen molar-refractivity contribution in [2.45, 2.75) is 31.5 Å². The molecule has 1 rings (SSSR count). The van der Waals surface area contributed by atoms with Gasteiger partial charge < -0.3 is 34.5 Å². The molecule has 0 fully saturated rings. The van der Waals surface area contributed by atoms with E-state index in [0.29, 0.717) is 4.57 Å². The van der Waals surface area contributed by atoms with Crippen LogP contribution in [-0.4, -0.2) is 64.5 Å². The van der Waals surface area contributed by atoms with Crippen molar-refractivity contribution in [3.8, 4) is 0 Å². The first kappa shape index (κ1) is 30.7. The Bertz CT molecular complexity index is 1130. The van der Waals surface area contributed by atoms with Crippen molar-refractivity contribution in [1.29, 1.82) is 0 Å². The highest BCUT2D eigenvalue weighted by atomic mass is 31.3. The molecule has 7 N–H and O–H groups in total. The molecule has 0 aliphatic heterocycles. The molecule has 0 aliphatic rings. The van der Waals surface area contributed by atoms with Gasteiger partial charge in [-0.25, -0.2) is 22.9 Å². The van der Waals surface area contributed by atoms with Crippen molar-refractivity contribution in [2.75, 3.05) is 13.2 Å². The number of alkyl halides is 1. The van der Waals surface area contributed by atoms with Gasteiger partial charge in [0.05, 0.1) is 6.61 Å². The van der Waals surface area contributed by atoms with E-state index in [9.17, 15) is 33.3 Å². The molecule has 0 aromatic carbocycles. The van der Waals surface area contributed by atoms with Gasteiger partial charge in [0.2, 0.25) is 0 Å². The number of hydrogen-bond acceptors (Lipinski definition) is 11. The van der Waals surface area contributed by atoms with E-state index in [0.717, 1.165) is 12.3 Å². The Balaban J connectivity index is 3.21. The predicted molar refractivity (Wildman–Crippen MR) is 108 cm³/mol. The van der Waals surface area contributed by atoms with E-state index in [1.807, 2.05) is 4.98 Å². The van der Waals surface area contributed by atoms with Crippen molar-refractivity contribution in [3.05, 3.63) is 45.3 Å². The van der Waals surface area contributed by atoms with Crippen molar-refractivity contribution in [1.82, 2.24) is 9.55 Å². The number of aromatic nitrogens is 2. The number of halogens is 1. The maximum Gasteiger partial charge on any atom is 0.490 e. The topological polar surface area (TPSA) is 264 Å². The molecule has 17 nitrogen and oxygen atoms in total. The average Bonchev–Trinajstić information content (AvgIpc) is 2.62. The quantitative estimate of drug-likeness (QED) is 0.111. The smallest absolute Gasteiger partial charge is 0.393 e. The van der Waals surface area contributed by atoms with Crippen LogP contribution in [0.3, 0.4) is 0 Å². The number of H-pyrrole nitrogens is 1. The Morgan fingerprint density at radius 3 is 2.26 bits per heavy atom. The number of hydrogen-bond donors (Lipinski definition) is 7. The fraction of sp³-hybridized carbons (Fsp3) is 0.538. The zero-order chi connectivity index (χ0) is 26.5. The lowest BCUT2D eigenvalue weighted by atomic mass is 10.1. The van der Waals surface area contributed by atoms with Crippen LogP contribution in [-0.2, 0) is 31.6 Å². The normalized spacial score (nSPS) is 19.4. The molecule has 0 amide bonds. The van der Waals surface area contributed by atoms with Gasteiger partial charge in [0.15, 0.2) is 0 Å². The van der Waals surface area contributed by atoms with Gasteiger partial charge >= 0.3 is 29.2 Å². The van der Waals surface area contributed by atoms with Gasteiger partial charge in [0, 0.05) is 18.7 Å². The number of aromatic amines is 1. The summed E-state index contributed by atoms with van der Waals surface area (Å²) in [6, 6.07) is 0.866. The monoisotopic (exact) mass is 558 g/mol. The minimum atomic E-state index is -5.92. The summed E-state index contributed by atoms with van der Waals surface area (Å²) in [5, 5.41) is 19.0. The number of nitrogens with zero attached hydrogens (tertiary/aromatic N) is 1. The summed E-state index contributed by atoms with van der Waals surface area (Å²) in [5.41, 5.74) is -1.62. The van der Waals surface area contributed by atoms with Crippen LogP contribution in [0.4, 0.5) is 4.39 Å². The van der Waals surface area contributed by atoms with Gasteiger partial charge in [-0.2, -0.15) is 8.62 Å². The number of aliphatic hydroxyl groups is 2. The molecule has 5 atom stereocenters. The molecule has 0 radical (unpaired) electrons. The van der Waals surface area contributed by atoms with E-state index in [1.54, 1.807) is 0 Å². The lowest BCUT2D eigenvalue weighted by Gasteiger charge is -2.34. The second kappa shape index (κ2) is 11.6. The highest BCUT2D eigenvalue weighted by Crippen LogP contribution is 2.66. The minimum absolute atomic E-state index is 0.289. The van der Waals surface area contributed by atoms with Gasteiger partial charge in [0.1, 0.15) is 18.9 Å². The van der Waals surface area contributed by atoms with Gasteiger partial charge in [0.25, 0.3) is 11.4 Å². The molecule has 196 valence electrons. The van der Waals surface area contributed by atoms with Crippen LogP contribution < -0.4 is 11.2 Å². The Morgan fingerprint density at radius 2 is 1.79 bits per heavy atom. The van der Waals surface area contributed by atoms with Crippen molar-refractivity contribution in [3.63, 3.8) is 0 Å². The lowest BCUT2D eigenvalue weighted by Crippen LogP contribution is -2.49. The molecular formula is C13H22FN2O15P3. The van der Waals surface area contributed by atoms with Crippen molar-refractivity contribution >= 4 is 23.5 Å². The molecular weight excluding hydrogens is 536 g/mol. The number of phosphoric ester groups is 1. The van der Waals surface area contributed by atoms with Gasteiger partial charge in [-0.05, 0) is 6.92 Å². The summed E-state index contributed by atoms with van der Waals surface area (Å²) in [7, 11) is -17.4. The van der Waals surface area contributed by atoms with E-state index in [4.69, 9.17) is 24.5 Å². The summed E-state index contributed by atoms with van der Waals surface area (Å²) >= 11 is 0. The molecule has 21 heteroatoms. The van der Waals surface area contributed by atoms with Crippen LogP contribution >= 0.6 is 23.5 Å². The van der Waals surface area contributed by atoms with Gasteiger partial charge in [-0.3, -0.25) is 18.9 Å². The zero-order valence-electron chi connectivity index (χ0n) is 17.2. The third-order valence-corrected chi connectivity index (χ3v) is 7.31. The predicted octanol–water partition coefficient (Wildman–Crippen LogP) is -0.620. The summed E-state index contributed by atoms with van der Waals surface area (Å²) in [6.45, 7) is 1.81. The van der Waals surface area contributed by atoms with E-state index in [-0.39, 0.29) is 12.0 Å². The summed E-state index contributed by atoms with van der Waals surface area (Å²) < 4.78 is 66.1. The molecule has 0 spiro atoms. The Hall–Kier alpha value is -1.36. The van der Waals surface area contributed by atoms with E-state index in [2.05, 4.69) is 19.7 Å². The summed E-state index contributed by atoms with van der Waals surface area (Å²) in [5.74, 6) is -3.62. The number of nitrogens with one attached hydrogen (secondary N) is 1. The van der Waals surface area contributed by atoms with E-state index < -0.39 is 66.1 Å². The third kappa shape index (κ3) is 10.1. The zero-order valence-corrected chi connectivity index (χ0v) is 19.8. The van der Waals surface area contributed by atoms with Crippen molar-refractivity contribution in [2.24, 2.45) is 0 Å². The molecule has 1 heterocycles. The first-order valence-corrected chi connectivity index (χ1v) is 13.2. The SMILES string of the molecule is C=C(C)C[C@@H](OC(F)(COP(=O)(O)OP(=O)(O)OP(=O)(O)O)[C@@H](O)CO)n1ccc(=O)[nH]c1=O. The first-order chi connectivity index (χ1) is 15.3. The summed E-state index contributed by atoms with van der Waals surface area (Å²) in [4.78, 5) is 60.8. The van der Waals surface area contributed by atoms with Crippen LogP contribution in [0.15, 0.2) is 34.0 Å². The second-order valence-electron chi connectivity index (χ2n) is 6.60. The number of aliphatic hydroxyl groups excluding tert-OH is 2. The van der Waals surface area contributed by atoms with Gasteiger partial charge in [-0.15, -0.1) is 0 Å². The molecule has 1 aromatic heterocycles. The summed E-state index contributed by atoms with van der Waals surface area (Å²) in [6.07, 6.45) is -3.63. The van der Waals surface area contributed by atoms with Crippen molar-refractivity contribution < 1.29 is 65.8 Å². The van der Waals surface area contributed by atoms with E-state index >= 15 is 4.39 Å². The van der Waals surface area contributed by atoms with E-state index in [1.165, 1.54) is 6.92 Å². The molecule has 3 unspecified atom stereocenters. The van der Waals surface area contributed by atoms with Crippen LogP contribution in [0, 0.1) is 0 Å². The second-order valence-corrected chi connectivity index (χ2v) is 11.0. The number of ether oxygens (including phenoxy) is 1. The lowest BCUT2D eigenvalue weighted by molar-refractivity contribution is -0.267. The molecule has 34 heavy (non-hydrogen) atoms. The largest absolute Gasteiger partial charge is 0.490 e. The number of phosphoric acid groups is 3. The molecule has 0 aliphatic carbocycles.